The molecule has 1 aromatic carbocycles. The maximum absolute atomic E-state index is 12.1. The molecule has 2 aromatic rings. The van der Waals surface area contributed by atoms with Crippen molar-refractivity contribution in [3.63, 3.8) is 0 Å². The van der Waals surface area contributed by atoms with Gasteiger partial charge in [-0.25, -0.2) is 4.79 Å². The van der Waals surface area contributed by atoms with Gasteiger partial charge in [0, 0.05) is 25.5 Å². The van der Waals surface area contributed by atoms with E-state index in [1.807, 2.05) is 26.4 Å². The number of aromatic nitrogens is 2. The lowest BCUT2D eigenvalue weighted by molar-refractivity contribution is 0.484. The lowest BCUT2D eigenvalue weighted by Crippen LogP contribution is -2.29. The third-order valence-electron chi connectivity index (χ3n) is 3.92. The summed E-state index contributed by atoms with van der Waals surface area (Å²) in [4.78, 5) is 12.1. The molecule has 108 valence electrons. The summed E-state index contributed by atoms with van der Waals surface area (Å²) in [7, 11) is 1.93. The van der Waals surface area contributed by atoms with Crippen LogP contribution in [0.3, 0.4) is 0 Å². The van der Waals surface area contributed by atoms with Crippen molar-refractivity contribution >= 4 is 0 Å². The third kappa shape index (κ3) is 2.85. The summed E-state index contributed by atoms with van der Waals surface area (Å²) in [6.45, 7) is 7.56. The molecule has 1 heterocycles. The number of likely N-dealkylation sites (N-methyl/N-ethyl adjacent to an activating group) is 1. The highest BCUT2D eigenvalue weighted by atomic mass is 16.1. The summed E-state index contributed by atoms with van der Waals surface area (Å²) in [6, 6.07) is 6.60. The van der Waals surface area contributed by atoms with Gasteiger partial charge in [0.15, 0.2) is 0 Å². The Labute approximate surface area is 120 Å². The van der Waals surface area contributed by atoms with Crippen molar-refractivity contribution in [1.29, 1.82) is 0 Å². The Morgan fingerprint density at radius 3 is 2.40 bits per heavy atom. The molecule has 0 spiro atoms. The smallest absolute Gasteiger partial charge is 0.312 e. The Hall–Kier alpha value is -1.81. The largest absolute Gasteiger partial charge is 0.328 e. The molecule has 2 rings (SSSR count). The number of aryl methyl sites for hydroxylation is 3. The number of hydrogen-bond acceptors (Lipinski definition) is 2. The van der Waals surface area contributed by atoms with Gasteiger partial charge in [0.25, 0.3) is 0 Å². The number of benzene rings is 1. The van der Waals surface area contributed by atoms with E-state index < -0.39 is 0 Å². The van der Waals surface area contributed by atoms with Crippen LogP contribution in [0.15, 0.2) is 35.4 Å². The highest BCUT2D eigenvalue weighted by Gasteiger charge is 2.12. The lowest BCUT2D eigenvalue weighted by atomic mass is 10.0. The van der Waals surface area contributed by atoms with Crippen LogP contribution in [0, 0.1) is 13.8 Å². The first kappa shape index (κ1) is 14.6. The molecule has 1 atom stereocenters. The van der Waals surface area contributed by atoms with Crippen LogP contribution in [0.5, 0.6) is 0 Å². The minimum absolute atomic E-state index is 0.0524. The number of hydrogen-bond donors (Lipinski definition) is 1. The summed E-state index contributed by atoms with van der Waals surface area (Å²) in [5.74, 6) is 0. The number of nitrogens with one attached hydrogen (secondary N) is 1. The van der Waals surface area contributed by atoms with E-state index >= 15 is 0 Å². The van der Waals surface area contributed by atoms with Crippen LogP contribution in [0.25, 0.3) is 0 Å². The Morgan fingerprint density at radius 2 is 1.85 bits per heavy atom. The SMILES string of the molecule is CCn1ccn(CC(NC)c2ccc(C)c(C)c2)c1=O. The second kappa shape index (κ2) is 6.09. The molecule has 0 amide bonds. The third-order valence-corrected chi connectivity index (χ3v) is 3.92. The van der Waals surface area contributed by atoms with E-state index in [-0.39, 0.29) is 11.7 Å². The maximum Gasteiger partial charge on any atom is 0.328 e. The summed E-state index contributed by atoms with van der Waals surface area (Å²) in [5.41, 5.74) is 3.84. The van der Waals surface area contributed by atoms with E-state index in [4.69, 9.17) is 0 Å². The van der Waals surface area contributed by atoms with Gasteiger partial charge in [0.2, 0.25) is 0 Å². The standard InChI is InChI=1S/C16H23N3O/c1-5-18-8-9-19(16(18)20)11-15(17-4)14-7-6-12(2)13(3)10-14/h6-10,15,17H,5,11H2,1-4H3. The van der Waals surface area contributed by atoms with Gasteiger partial charge in [-0.05, 0) is 44.5 Å². The number of rotatable bonds is 5. The predicted octanol–water partition coefficient (Wildman–Crippen LogP) is 2.25. The van der Waals surface area contributed by atoms with Gasteiger partial charge in [-0.2, -0.15) is 0 Å². The first-order chi connectivity index (χ1) is 9.56. The average Bonchev–Trinajstić information content (AvgIpc) is 2.80. The molecule has 0 radical (unpaired) electrons. The number of nitrogens with zero attached hydrogens (tertiary/aromatic N) is 2. The fraction of sp³-hybridized carbons (Fsp3) is 0.438. The van der Waals surface area contributed by atoms with Gasteiger partial charge in [-0.3, -0.25) is 9.13 Å². The van der Waals surface area contributed by atoms with Crippen LogP contribution in [0.2, 0.25) is 0 Å². The fourth-order valence-electron chi connectivity index (χ4n) is 2.37. The quantitative estimate of drug-likeness (QED) is 0.907. The fourth-order valence-corrected chi connectivity index (χ4v) is 2.37. The van der Waals surface area contributed by atoms with Crippen molar-refractivity contribution in [1.82, 2.24) is 14.5 Å². The van der Waals surface area contributed by atoms with Gasteiger partial charge in [-0.15, -0.1) is 0 Å². The van der Waals surface area contributed by atoms with Crippen LogP contribution in [-0.2, 0) is 13.1 Å². The summed E-state index contributed by atoms with van der Waals surface area (Å²) >= 11 is 0. The van der Waals surface area contributed by atoms with Crippen molar-refractivity contribution < 1.29 is 0 Å². The molecular weight excluding hydrogens is 250 g/mol. The van der Waals surface area contributed by atoms with Crippen molar-refractivity contribution in [2.75, 3.05) is 7.05 Å². The highest BCUT2D eigenvalue weighted by Crippen LogP contribution is 2.18. The van der Waals surface area contributed by atoms with Crippen molar-refractivity contribution in [3.8, 4) is 0 Å². The monoisotopic (exact) mass is 273 g/mol. The molecule has 0 aliphatic carbocycles. The van der Waals surface area contributed by atoms with Crippen LogP contribution in [-0.4, -0.2) is 16.2 Å². The molecule has 0 saturated heterocycles. The predicted molar refractivity (Wildman–Crippen MR) is 82.1 cm³/mol. The van der Waals surface area contributed by atoms with E-state index in [9.17, 15) is 4.79 Å². The second-order valence-corrected chi connectivity index (χ2v) is 5.20. The van der Waals surface area contributed by atoms with Crippen LogP contribution < -0.4 is 11.0 Å². The van der Waals surface area contributed by atoms with Crippen LogP contribution in [0.1, 0.15) is 29.7 Å². The van der Waals surface area contributed by atoms with Crippen LogP contribution >= 0.6 is 0 Å². The molecule has 1 aromatic heterocycles. The normalized spacial score (nSPS) is 12.6. The first-order valence-electron chi connectivity index (χ1n) is 7.06. The molecule has 0 saturated carbocycles. The zero-order valence-corrected chi connectivity index (χ0v) is 12.7. The first-order valence-corrected chi connectivity index (χ1v) is 7.06. The lowest BCUT2D eigenvalue weighted by Gasteiger charge is -2.18. The summed E-state index contributed by atoms with van der Waals surface area (Å²) in [5, 5.41) is 3.30. The minimum atomic E-state index is 0.0524. The second-order valence-electron chi connectivity index (χ2n) is 5.20. The molecular formula is C16H23N3O. The van der Waals surface area contributed by atoms with Crippen molar-refractivity contribution in [2.45, 2.75) is 39.9 Å². The van der Waals surface area contributed by atoms with Gasteiger partial charge >= 0.3 is 5.69 Å². The molecule has 4 nitrogen and oxygen atoms in total. The summed E-state index contributed by atoms with van der Waals surface area (Å²) in [6.07, 6.45) is 3.70. The van der Waals surface area contributed by atoms with Gasteiger partial charge < -0.3 is 5.32 Å². The van der Waals surface area contributed by atoms with Gasteiger partial charge in [0.1, 0.15) is 0 Å². The minimum Gasteiger partial charge on any atom is -0.312 e. The van der Waals surface area contributed by atoms with Gasteiger partial charge in [0.05, 0.1) is 6.04 Å². The number of imidazole rings is 1. The molecule has 20 heavy (non-hydrogen) atoms. The Balaban J connectivity index is 2.26. The Kier molecular flexibility index (Phi) is 4.45. The molecule has 0 aliphatic heterocycles. The Morgan fingerprint density at radius 1 is 1.15 bits per heavy atom. The molecule has 4 heteroatoms. The molecule has 0 aliphatic rings. The van der Waals surface area contributed by atoms with E-state index in [0.717, 1.165) is 0 Å². The zero-order valence-electron chi connectivity index (χ0n) is 12.7. The van der Waals surface area contributed by atoms with E-state index in [0.29, 0.717) is 13.1 Å². The maximum atomic E-state index is 12.1. The molecule has 0 bridgehead atoms. The van der Waals surface area contributed by atoms with E-state index in [2.05, 4.69) is 37.4 Å². The molecule has 1 N–H and O–H groups in total. The topological polar surface area (TPSA) is 39.0 Å². The average molecular weight is 273 g/mol. The molecule has 1 unspecified atom stereocenters. The Bertz CT molecular complexity index is 639. The highest BCUT2D eigenvalue weighted by molar-refractivity contribution is 5.31. The van der Waals surface area contributed by atoms with Crippen molar-refractivity contribution in [3.05, 3.63) is 57.8 Å². The molecule has 0 fully saturated rings. The summed E-state index contributed by atoms with van der Waals surface area (Å²) < 4.78 is 3.48. The van der Waals surface area contributed by atoms with Crippen molar-refractivity contribution in [2.24, 2.45) is 0 Å². The zero-order chi connectivity index (χ0) is 14.7. The van der Waals surface area contributed by atoms with E-state index in [1.165, 1.54) is 16.7 Å². The van der Waals surface area contributed by atoms with Crippen LogP contribution in [0.4, 0.5) is 0 Å². The van der Waals surface area contributed by atoms with Gasteiger partial charge in [-0.1, -0.05) is 18.2 Å². The van der Waals surface area contributed by atoms with E-state index in [1.54, 1.807) is 9.13 Å².